The van der Waals surface area contributed by atoms with Crippen LogP contribution in [0.15, 0.2) is 53.4 Å². The summed E-state index contributed by atoms with van der Waals surface area (Å²) >= 11 is 1.65. The van der Waals surface area contributed by atoms with E-state index in [4.69, 9.17) is 0 Å². The van der Waals surface area contributed by atoms with Gasteiger partial charge in [0.1, 0.15) is 5.82 Å². The van der Waals surface area contributed by atoms with Gasteiger partial charge < -0.3 is 5.11 Å². The van der Waals surface area contributed by atoms with Gasteiger partial charge in [-0.1, -0.05) is 24.3 Å². The Kier molecular flexibility index (Phi) is 4.39. The van der Waals surface area contributed by atoms with Crippen LogP contribution in [-0.2, 0) is 5.75 Å². The van der Waals surface area contributed by atoms with Crippen LogP contribution < -0.4 is 0 Å². The van der Waals surface area contributed by atoms with E-state index in [2.05, 4.69) is 0 Å². The van der Waals surface area contributed by atoms with Gasteiger partial charge in [-0.25, -0.2) is 4.39 Å². The quantitative estimate of drug-likeness (QED) is 0.834. The van der Waals surface area contributed by atoms with Crippen molar-refractivity contribution in [3.63, 3.8) is 0 Å². The third-order valence-corrected chi connectivity index (χ3v) is 3.74. The highest BCUT2D eigenvalue weighted by atomic mass is 32.2. The van der Waals surface area contributed by atoms with Crippen molar-refractivity contribution >= 4 is 11.8 Å². The minimum Gasteiger partial charge on any atom is -0.389 e. The summed E-state index contributed by atoms with van der Waals surface area (Å²) in [6, 6.07) is 14.4. The van der Waals surface area contributed by atoms with Crippen molar-refractivity contribution in [1.82, 2.24) is 0 Å². The summed E-state index contributed by atoms with van der Waals surface area (Å²) in [4.78, 5) is 1.11. The summed E-state index contributed by atoms with van der Waals surface area (Å²) in [5.41, 5.74) is 1.88. The maximum absolute atomic E-state index is 13.0. The molecule has 0 spiro atoms. The Hall–Kier alpha value is -1.32. The van der Waals surface area contributed by atoms with Gasteiger partial charge in [0, 0.05) is 10.6 Å². The van der Waals surface area contributed by atoms with E-state index >= 15 is 0 Å². The van der Waals surface area contributed by atoms with Crippen LogP contribution in [0.2, 0.25) is 0 Å². The lowest BCUT2D eigenvalue weighted by molar-refractivity contribution is 0.199. The fraction of sp³-hybridized carbons (Fsp3) is 0.200. The van der Waals surface area contributed by atoms with Gasteiger partial charge in [-0.3, -0.25) is 0 Å². The highest BCUT2D eigenvalue weighted by molar-refractivity contribution is 7.98. The first-order chi connectivity index (χ1) is 8.65. The molecule has 0 radical (unpaired) electrons. The first-order valence-corrected chi connectivity index (χ1v) is 6.79. The normalized spacial score (nSPS) is 12.4. The van der Waals surface area contributed by atoms with E-state index in [0.717, 1.165) is 21.8 Å². The number of rotatable bonds is 4. The van der Waals surface area contributed by atoms with Gasteiger partial charge in [0.05, 0.1) is 6.10 Å². The Bertz CT molecular complexity index is 508. The van der Waals surface area contributed by atoms with Crippen molar-refractivity contribution in [1.29, 1.82) is 0 Å². The van der Waals surface area contributed by atoms with Crippen molar-refractivity contribution in [2.24, 2.45) is 0 Å². The van der Waals surface area contributed by atoms with E-state index in [1.165, 1.54) is 6.07 Å². The van der Waals surface area contributed by atoms with Crippen LogP contribution >= 0.6 is 11.8 Å². The summed E-state index contributed by atoms with van der Waals surface area (Å²) in [7, 11) is 0. The van der Waals surface area contributed by atoms with Crippen LogP contribution in [0.25, 0.3) is 0 Å². The lowest BCUT2D eigenvalue weighted by Crippen LogP contribution is -1.89. The maximum atomic E-state index is 13.0. The third kappa shape index (κ3) is 3.59. The summed E-state index contributed by atoms with van der Waals surface area (Å²) in [6.07, 6.45) is -0.438. The molecule has 0 aliphatic heterocycles. The molecular formula is C15H15FOS. The molecule has 1 N–H and O–H groups in total. The molecule has 0 bridgehead atoms. The Balaban J connectivity index is 1.98. The second kappa shape index (κ2) is 6.03. The molecule has 0 fully saturated rings. The first-order valence-electron chi connectivity index (χ1n) is 5.80. The maximum Gasteiger partial charge on any atom is 0.123 e. The monoisotopic (exact) mass is 262 g/mol. The SMILES string of the molecule is CC(O)c1ccc(SCc2cccc(F)c2)cc1. The molecular weight excluding hydrogens is 247 g/mol. The molecule has 0 aliphatic rings. The number of hydrogen-bond acceptors (Lipinski definition) is 2. The number of benzene rings is 2. The lowest BCUT2D eigenvalue weighted by Gasteiger charge is -2.06. The van der Waals surface area contributed by atoms with Crippen molar-refractivity contribution < 1.29 is 9.50 Å². The van der Waals surface area contributed by atoms with Crippen molar-refractivity contribution in [2.75, 3.05) is 0 Å². The Morgan fingerprint density at radius 1 is 1.17 bits per heavy atom. The molecule has 2 rings (SSSR count). The van der Waals surface area contributed by atoms with Crippen LogP contribution in [0.1, 0.15) is 24.2 Å². The molecule has 2 aromatic carbocycles. The topological polar surface area (TPSA) is 20.2 Å². The van der Waals surface area contributed by atoms with E-state index in [1.807, 2.05) is 30.3 Å². The van der Waals surface area contributed by atoms with Gasteiger partial charge >= 0.3 is 0 Å². The van der Waals surface area contributed by atoms with Gasteiger partial charge in [-0.15, -0.1) is 11.8 Å². The zero-order valence-corrected chi connectivity index (χ0v) is 11.0. The van der Waals surface area contributed by atoms with Crippen molar-refractivity contribution in [3.8, 4) is 0 Å². The number of thioether (sulfide) groups is 1. The molecule has 1 atom stereocenters. The smallest absolute Gasteiger partial charge is 0.123 e. The largest absolute Gasteiger partial charge is 0.389 e. The van der Waals surface area contributed by atoms with Gasteiger partial charge in [0.2, 0.25) is 0 Å². The molecule has 94 valence electrons. The molecule has 3 heteroatoms. The predicted molar refractivity (Wildman–Crippen MR) is 73.0 cm³/mol. The molecule has 1 unspecified atom stereocenters. The lowest BCUT2D eigenvalue weighted by atomic mass is 10.1. The summed E-state index contributed by atoms with van der Waals surface area (Å²) in [5, 5.41) is 9.40. The number of hydrogen-bond donors (Lipinski definition) is 1. The zero-order chi connectivity index (χ0) is 13.0. The molecule has 0 saturated heterocycles. The van der Waals surface area contributed by atoms with Crippen molar-refractivity contribution in [3.05, 3.63) is 65.5 Å². The van der Waals surface area contributed by atoms with E-state index in [-0.39, 0.29) is 5.82 Å². The standard InChI is InChI=1S/C15H15FOS/c1-11(17)13-5-7-15(8-6-13)18-10-12-3-2-4-14(16)9-12/h2-9,11,17H,10H2,1H3. The first kappa shape index (κ1) is 13.1. The Morgan fingerprint density at radius 2 is 1.89 bits per heavy atom. The Labute approximate surface area is 111 Å². The highest BCUT2D eigenvalue weighted by Gasteiger charge is 2.01. The molecule has 0 aliphatic carbocycles. The summed E-state index contributed by atoms with van der Waals surface area (Å²) < 4.78 is 13.0. The average Bonchev–Trinajstić information content (AvgIpc) is 2.37. The van der Waals surface area contributed by atoms with Gasteiger partial charge in [-0.05, 0) is 42.3 Å². The zero-order valence-electron chi connectivity index (χ0n) is 10.1. The van der Waals surface area contributed by atoms with Gasteiger partial charge in [-0.2, -0.15) is 0 Å². The molecule has 0 aromatic heterocycles. The Morgan fingerprint density at radius 3 is 2.50 bits per heavy atom. The fourth-order valence-electron chi connectivity index (χ4n) is 1.64. The second-order valence-corrected chi connectivity index (χ2v) is 5.21. The van der Waals surface area contributed by atoms with E-state index in [1.54, 1.807) is 30.8 Å². The average molecular weight is 262 g/mol. The molecule has 2 aromatic rings. The van der Waals surface area contributed by atoms with Crippen molar-refractivity contribution in [2.45, 2.75) is 23.7 Å². The van der Waals surface area contributed by atoms with Crippen LogP contribution in [0.3, 0.4) is 0 Å². The molecule has 0 saturated carbocycles. The van der Waals surface area contributed by atoms with Crippen LogP contribution in [0, 0.1) is 5.82 Å². The number of aliphatic hydroxyl groups excluding tert-OH is 1. The predicted octanol–water partition coefficient (Wildman–Crippen LogP) is 4.17. The van der Waals surface area contributed by atoms with Gasteiger partial charge in [0.15, 0.2) is 0 Å². The number of halogens is 1. The molecule has 1 nitrogen and oxygen atoms in total. The molecule has 0 amide bonds. The minimum absolute atomic E-state index is 0.197. The third-order valence-electron chi connectivity index (χ3n) is 2.66. The van der Waals surface area contributed by atoms with E-state index < -0.39 is 6.10 Å². The van der Waals surface area contributed by atoms with Crippen LogP contribution in [0.5, 0.6) is 0 Å². The molecule has 18 heavy (non-hydrogen) atoms. The van der Waals surface area contributed by atoms with Crippen LogP contribution in [0.4, 0.5) is 4.39 Å². The van der Waals surface area contributed by atoms with E-state index in [0.29, 0.717) is 0 Å². The van der Waals surface area contributed by atoms with Crippen LogP contribution in [-0.4, -0.2) is 5.11 Å². The minimum atomic E-state index is -0.438. The highest BCUT2D eigenvalue weighted by Crippen LogP contribution is 2.24. The van der Waals surface area contributed by atoms with Gasteiger partial charge in [0.25, 0.3) is 0 Å². The second-order valence-electron chi connectivity index (χ2n) is 4.16. The fourth-order valence-corrected chi connectivity index (χ4v) is 2.48. The summed E-state index contributed by atoms with van der Waals surface area (Å²) in [5.74, 6) is 0.545. The van der Waals surface area contributed by atoms with E-state index in [9.17, 15) is 9.50 Å². The number of aliphatic hydroxyl groups is 1. The summed E-state index contributed by atoms with van der Waals surface area (Å²) in [6.45, 7) is 1.74. The molecule has 0 heterocycles.